The van der Waals surface area contributed by atoms with Crippen molar-refractivity contribution < 1.29 is 9.53 Å². The van der Waals surface area contributed by atoms with Crippen LogP contribution in [0.15, 0.2) is 69.0 Å². The van der Waals surface area contributed by atoms with Gasteiger partial charge in [-0.3, -0.25) is 4.79 Å². The molecule has 1 atom stereocenters. The fourth-order valence-corrected chi connectivity index (χ4v) is 4.88. The van der Waals surface area contributed by atoms with Gasteiger partial charge in [0.25, 0.3) is 0 Å². The molecule has 33 heavy (non-hydrogen) atoms. The van der Waals surface area contributed by atoms with Crippen LogP contribution in [-0.2, 0) is 6.61 Å². The first-order chi connectivity index (χ1) is 15.9. The van der Waals surface area contributed by atoms with Gasteiger partial charge in [-0.05, 0) is 62.5 Å². The van der Waals surface area contributed by atoms with Crippen molar-refractivity contribution in [3.05, 3.63) is 70.3 Å². The third kappa shape index (κ3) is 6.04. The van der Waals surface area contributed by atoms with Gasteiger partial charge >= 0.3 is 0 Å². The summed E-state index contributed by atoms with van der Waals surface area (Å²) in [7, 11) is 4.20. The maximum absolute atomic E-state index is 11.4. The zero-order chi connectivity index (χ0) is 23.4. The highest BCUT2D eigenvalue weighted by molar-refractivity contribution is 9.10. The summed E-state index contributed by atoms with van der Waals surface area (Å²) in [6.45, 7) is 2.19. The second-order valence-corrected chi connectivity index (χ2v) is 10.1. The zero-order valence-electron chi connectivity index (χ0n) is 18.6. The Labute approximate surface area is 206 Å². The SMILES string of the molecule is CN(C)C1CCN(c2ncc(Sc3ccc(C(N)=O)cc3)c(OCc3cccc(Br)c3)n2)C1. The highest BCUT2D eigenvalue weighted by Crippen LogP contribution is 2.35. The molecule has 2 N–H and O–H groups in total. The van der Waals surface area contributed by atoms with E-state index in [9.17, 15) is 4.79 Å². The number of aromatic nitrogens is 2. The lowest BCUT2D eigenvalue weighted by atomic mass is 10.2. The van der Waals surface area contributed by atoms with E-state index >= 15 is 0 Å². The van der Waals surface area contributed by atoms with E-state index in [1.807, 2.05) is 42.6 Å². The van der Waals surface area contributed by atoms with Gasteiger partial charge in [0.15, 0.2) is 0 Å². The molecule has 2 aromatic carbocycles. The molecule has 1 aliphatic rings. The maximum atomic E-state index is 11.4. The van der Waals surface area contributed by atoms with Crippen molar-refractivity contribution in [2.75, 3.05) is 32.1 Å². The number of hydrogen-bond donors (Lipinski definition) is 1. The topological polar surface area (TPSA) is 84.6 Å². The summed E-state index contributed by atoms with van der Waals surface area (Å²) < 4.78 is 7.19. The molecular weight excluding hydrogens is 502 g/mol. The molecule has 1 amide bonds. The van der Waals surface area contributed by atoms with Crippen LogP contribution in [0.25, 0.3) is 0 Å². The van der Waals surface area contributed by atoms with Gasteiger partial charge in [0, 0.05) is 34.1 Å². The van der Waals surface area contributed by atoms with Crippen LogP contribution in [-0.4, -0.2) is 54.0 Å². The molecule has 0 aliphatic carbocycles. The smallest absolute Gasteiger partial charge is 0.248 e. The lowest BCUT2D eigenvalue weighted by Crippen LogP contribution is -2.32. The summed E-state index contributed by atoms with van der Waals surface area (Å²) in [5.41, 5.74) is 6.87. The first-order valence-corrected chi connectivity index (χ1v) is 12.2. The summed E-state index contributed by atoms with van der Waals surface area (Å²) in [6.07, 6.45) is 2.89. The molecule has 3 aromatic rings. The van der Waals surface area contributed by atoms with Gasteiger partial charge in [-0.1, -0.05) is 39.8 Å². The fraction of sp³-hybridized carbons (Fsp3) is 0.292. The second kappa shape index (κ2) is 10.5. The van der Waals surface area contributed by atoms with Gasteiger partial charge in [-0.15, -0.1) is 0 Å². The van der Waals surface area contributed by atoms with E-state index in [2.05, 4.69) is 44.8 Å². The minimum absolute atomic E-state index is 0.393. The molecule has 0 radical (unpaired) electrons. The lowest BCUT2D eigenvalue weighted by molar-refractivity contribution is 0.1000. The Kier molecular flexibility index (Phi) is 7.52. The molecule has 7 nitrogen and oxygen atoms in total. The number of benzene rings is 2. The Balaban J connectivity index is 1.58. The number of amides is 1. The molecule has 0 bridgehead atoms. The van der Waals surface area contributed by atoms with E-state index in [4.69, 9.17) is 15.5 Å². The average molecular weight is 528 g/mol. The largest absolute Gasteiger partial charge is 0.472 e. The number of hydrogen-bond acceptors (Lipinski definition) is 7. The number of likely N-dealkylation sites (N-methyl/N-ethyl adjacent to an activating group) is 1. The van der Waals surface area contributed by atoms with Crippen LogP contribution in [0, 0.1) is 0 Å². The van der Waals surface area contributed by atoms with Crippen LogP contribution in [0.4, 0.5) is 5.95 Å². The number of carbonyl (C=O) groups excluding carboxylic acids is 1. The maximum Gasteiger partial charge on any atom is 0.248 e. The van der Waals surface area contributed by atoms with Crippen LogP contribution in [0.5, 0.6) is 5.88 Å². The number of primary amides is 1. The van der Waals surface area contributed by atoms with Gasteiger partial charge in [0.2, 0.25) is 17.7 Å². The van der Waals surface area contributed by atoms with Crippen LogP contribution in [0.3, 0.4) is 0 Å². The van der Waals surface area contributed by atoms with Crippen LogP contribution in [0.1, 0.15) is 22.3 Å². The van der Waals surface area contributed by atoms with E-state index in [0.717, 1.165) is 39.3 Å². The quantitative estimate of drug-likeness (QED) is 0.469. The molecule has 0 spiro atoms. The minimum atomic E-state index is -0.445. The molecular formula is C24H26BrN5O2S. The number of rotatable bonds is 8. The highest BCUT2D eigenvalue weighted by Gasteiger charge is 2.26. The van der Waals surface area contributed by atoms with E-state index in [1.54, 1.807) is 12.1 Å². The number of anilines is 1. The minimum Gasteiger partial charge on any atom is -0.472 e. The molecule has 1 aromatic heterocycles. The second-order valence-electron chi connectivity index (χ2n) is 8.10. The Bertz CT molecular complexity index is 1130. The van der Waals surface area contributed by atoms with Crippen molar-refractivity contribution in [2.24, 2.45) is 5.73 Å². The van der Waals surface area contributed by atoms with Gasteiger partial charge in [-0.25, -0.2) is 4.98 Å². The summed E-state index contributed by atoms with van der Waals surface area (Å²) in [5.74, 6) is 0.771. The van der Waals surface area contributed by atoms with Crippen molar-refractivity contribution in [3.63, 3.8) is 0 Å². The third-order valence-electron chi connectivity index (χ3n) is 5.52. The number of nitrogens with zero attached hydrogens (tertiary/aromatic N) is 4. The third-order valence-corrected chi connectivity index (χ3v) is 7.02. The summed E-state index contributed by atoms with van der Waals surface area (Å²) >= 11 is 5.00. The molecule has 9 heteroatoms. The number of carbonyl (C=O) groups is 1. The van der Waals surface area contributed by atoms with Crippen molar-refractivity contribution in [2.45, 2.75) is 28.9 Å². The number of nitrogens with two attached hydrogens (primary N) is 1. The number of halogens is 1. The molecule has 1 saturated heterocycles. The predicted molar refractivity (Wildman–Crippen MR) is 134 cm³/mol. The highest BCUT2D eigenvalue weighted by atomic mass is 79.9. The van der Waals surface area contributed by atoms with Crippen molar-refractivity contribution in [1.82, 2.24) is 14.9 Å². The van der Waals surface area contributed by atoms with Gasteiger partial charge in [0.1, 0.15) is 6.61 Å². The Hall–Kier alpha value is -2.62. The molecule has 1 aliphatic heterocycles. The van der Waals surface area contributed by atoms with Crippen molar-refractivity contribution >= 4 is 39.5 Å². The molecule has 4 rings (SSSR count). The Morgan fingerprint density at radius 1 is 1.27 bits per heavy atom. The molecule has 2 heterocycles. The zero-order valence-corrected chi connectivity index (χ0v) is 21.0. The first-order valence-electron chi connectivity index (χ1n) is 10.6. The molecule has 172 valence electrons. The monoisotopic (exact) mass is 527 g/mol. The normalized spacial score (nSPS) is 15.8. The van der Waals surface area contributed by atoms with Crippen molar-refractivity contribution in [1.29, 1.82) is 0 Å². The average Bonchev–Trinajstić information content (AvgIpc) is 3.30. The van der Waals surface area contributed by atoms with Crippen LogP contribution < -0.4 is 15.4 Å². The molecule has 1 fully saturated rings. The Morgan fingerprint density at radius 2 is 2.06 bits per heavy atom. The fourth-order valence-electron chi connectivity index (χ4n) is 3.61. The standard InChI is InChI=1S/C24H26BrN5O2S/c1-29(2)19-10-11-30(14-19)24-27-13-21(33-20-8-6-17(7-9-20)22(26)31)23(28-24)32-15-16-4-3-5-18(25)12-16/h3-9,12-13,19H,10-11,14-15H2,1-2H3,(H2,26,31). The summed E-state index contributed by atoms with van der Waals surface area (Å²) in [4.78, 5) is 27.0. The van der Waals surface area contributed by atoms with Gasteiger partial charge in [0.05, 0.1) is 11.1 Å². The first kappa shape index (κ1) is 23.5. The lowest BCUT2D eigenvalue weighted by Gasteiger charge is -2.21. The molecule has 0 saturated carbocycles. The summed E-state index contributed by atoms with van der Waals surface area (Å²) in [6, 6.07) is 15.6. The predicted octanol–water partition coefficient (Wildman–Crippen LogP) is 4.21. The van der Waals surface area contributed by atoms with E-state index in [1.165, 1.54) is 11.8 Å². The van der Waals surface area contributed by atoms with Crippen LogP contribution >= 0.6 is 27.7 Å². The van der Waals surface area contributed by atoms with E-state index in [0.29, 0.717) is 30.0 Å². The van der Waals surface area contributed by atoms with Gasteiger partial charge in [-0.2, -0.15) is 4.98 Å². The van der Waals surface area contributed by atoms with E-state index < -0.39 is 5.91 Å². The van der Waals surface area contributed by atoms with E-state index in [-0.39, 0.29) is 0 Å². The number of ether oxygens (including phenoxy) is 1. The van der Waals surface area contributed by atoms with Crippen LogP contribution in [0.2, 0.25) is 0 Å². The van der Waals surface area contributed by atoms with Crippen molar-refractivity contribution in [3.8, 4) is 5.88 Å². The Morgan fingerprint density at radius 3 is 2.73 bits per heavy atom. The van der Waals surface area contributed by atoms with Gasteiger partial charge < -0.3 is 20.3 Å². The molecule has 1 unspecified atom stereocenters. The summed E-state index contributed by atoms with van der Waals surface area (Å²) in [5, 5.41) is 0.